The van der Waals surface area contributed by atoms with E-state index in [0.717, 1.165) is 10.0 Å². The van der Waals surface area contributed by atoms with Crippen LogP contribution in [0.15, 0.2) is 22.7 Å². The molecule has 0 radical (unpaired) electrons. The van der Waals surface area contributed by atoms with Gasteiger partial charge in [0.15, 0.2) is 0 Å². The van der Waals surface area contributed by atoms with Crippen molar-refractivity contribution < 1.29 is 10.0 Å². The third-order valence-corrected chi connectivity index (χ3v) is 1.82. The van der Waals surface area contributed by atoms with Crippen LogP contribution in [0, 0.1) is 6.92 Å². The molecule has 0 heterocycles. The largest absolute Gasteiger partial charge is 0.488 e. The van der Waals surface area contributed by atoms with Crippen LogP contribution in [0.4, 0.5) is 0 Å². The maximum Gasteiger partial charge on any atom is 0.488 e. The Labute approximate surface area is 87.9 Å². The molecule has 72 valence electrons. The quantitative estimate of drug-likeness (QED) is 0.735. The second-order valence-electron chi connectivity index (χ2n) is 2.44. The monoisotopic (exact) mass is 244 g/mol. The van der Waals surface area contributed by atoms with E-state index in [9.17, 15) is 0 Å². The Morgan fingerprint density at radius 3 is 2.08 bits per heavy atom. The highest BCUT2D eigenvalue weighted by molar-refractivity contribution is 9.10. The highest BCUT2D eigenvalue weighted by atomic mass is 79.9. The Balaban J connectivity index is 0.000000671. The predicted octanol–water partition coefficient (Wildman–Crippen LogP) is 1.46. The van der Waals surface area contributed by atoms with Crippen molar-refractivity contribution in [2.24, 2.45) is 0 Å². The van der Waals surface area contributed by atoms with Gasteiger partial charge in [-0.15, -0.1) is 0 Å². The van der Waals surface area contributed by atoms with Crippen molar-refractivity contribution in [2.75, 3.05) is 0 Å². The number of rotatable bonds is 1. The van der Waals surface area contributed by atoms with E-state index in [0.29, 0.717) is 5.46 Å². The van der Waals surface area contributed by atoms with Crippen LogP contribution in [0.3, 0.4) is 0 Å². The Bertz CT molecular complexity index is 244. The van der Waals surface area contributed by atoms with Crippen molar-refractivity contribution in [3.8, 4) is 0 Å². The van der Waals surface area contributed by atoms with Gasteiger partial charge in [-0.25, -0.2) is 0 Å². The first kappa shape index (κ1) is 12.7. The molecule has 0 aliphatic heterocycles. The van der Waals surface area contributed by atoms with Crippen molar-refractivity contribution in [3.05, 3.63) is 28.2 Å². The van der Waals surface area contributed by atoms with E-state index in [1.54, 1.807) is 12.1 Å². The van der Waals surface area contributed by atoms with Crippen LogP contribution >= 0.6 is 15.9 Å². The summed E-state index contributed by atoms with van der Waals surface area (Å²) in [7, 11) is -1.38. The Morgan fingerprint density at radius 1 is 1.15 bits per heavy atom. The Kier molecular flexibility index (Phi) is 6.04. The molecule has 1 aromatic carbocycles. The molecular formula is C9H14BBrO2. The first-order valence-electron chi connectivity index (χ1n) is 4.23. The maximum absolute atomic E-state index is 8.81. The number of halogens is 1. The number of hydrogen-bond acceptors (Lipinski definition) is 2. The summed E-state index contributed by atoms with van der Waals surface area (Å²) in [6.07, 6.45) is 0. The fraction of sp³-hybridized carbons (Fsp3) is 0.333. The van der Waals surface area contributed by atoms with Crippen LogP contribution in [0.25, 0.3) is 0 Å². The number of benzene rings is 1. The molecule has 0 aliphatic rings. The zero-order valence-electron chi connectivity index (χ0n) is 8.08. The van der Waals surface area contributed by atoms with Gasteiger partial charge in [0.2, 0.25) is 0 Å². The summed E-state index contributed by atoms with van der Waals surface area (Å²) in [5.41, 5.74) is 1.51. The second-order valence-corrected chi connectivity index (χ2v) is 3.35. The first-order chi connectivity index (χ1) is 6.09. The van der Waals surface area contributed by atoms with Gasteiger partial charge in [-0.2, -0.15) is 0 Å². The Hall–Kier alpha value is -0.315. The summed E-state index contributed by atoms with van der Waals surface area (Å²) in [4.78, 5) is 0. The fourth-order valence-corrected chi connectivity index (χ4v) is 1.54. The molecule has 0 atom stereocenters. The summed E-state index contributed by atoms with van der Waals surface area (Å²) >= 11 is 3.26. The van der Waals surface area contributed by atoms with E-state index >= 15 is 0 Å². The lowest BCUT2D eigenvalue weighted by atomic mass is 9.80. The van der Waals surface area contributed by atoms with Crippen molar-refractivity contribution in [3.63, 3.8) is 0 Å². The second kappa shape index (κ2) is 6.19. The van der Waals surface area contributed by atoms with Crippen LogP contribution in [0.1, 0.15) is 19.4 Å². The van der Waals surface area contributed by atoms with Crippen molar-refractivity contribution in [2.45, 2.75) is 20.8 Å². The fourth-order valence-electron chi connectivity index (χ4n) is 0.914. The first-order valence-corrected chi connectivity index (χ1v) is 5.02. The van der Waals surface area contributed by atoms with Crippen LogP contribution < -0.4 is 5.46 Å². The van der Waals surface area contributed by atoms with Crippen LogP contribution in [-0.2, 0) is 0 Å². The van der Waals surface area contributed by atoms with Crippen molar-refractivity contribution in [1.82, 2.24) is 0 Å². The summed E-state index contributed by atoms with van der Waals surface area (Å²) in [5, 5.41) is 17.6. The van der Waals surface area contributed by atoms with Crippen molar-refractivity contribution in [1.29, 1.82) is 0 Å². The summed E-state index contributed by atoms with van der Waals surface area (Å²) in [6.45, 7) is 5.90. The van der Waals surface area contributed by atoms with E-state index in [-0.39, 0.29) is 0 Å². The SMILES string of the molecule is CC.Cc1cc(Br)cc(B(O)O)c1. The zero-order chi connectivity index (χ0) is 10.4. The topological polar surface area (TPSA) is 40.5 Å². The van der Waals surface area contributed by atoms with E-state index in [1.807, 2.05) is 26.8 Å². The lowest BCUT2D eigenvalue weighted by Crippen LogP contribution is -2.29. The molecule has 0 saturated heterocycles. The molecule has 0 saturated carbocycles. The molecular weight excluding hydrogens is 231 g/mol. The standard InChI is InChI=1S/C7H8BBrO2.C2H6/c1-5-2-6(8(10)11)4-7(9)3-5;1-2/h2-4,10-11H,1H3;1-2H3. The number of aryl methyl sites for hydroxylation is 1. The van der Waals surface area contributed by atoms with Gasteiger partial charge in [0, 0.05) is 4.47 Å². The highest BCUT2D eigenvalue weighted by Gasteiger charge is 2.10. The van der Waals surface area contributed by atoms with E-state index in [4.69, 9.17) is 10.0 Å². The van der Waals surface area contributed by atoms with Gasteiger partial charge in [0.25, 0.3) is 0 Å². The third-order valence-electron chi connectivity index (χ3n) is 1.36. The minimum Gasteiger partial charge on any atom is -0.423 e. The summed E-state index contributed by atoms with van der Waals surface area (Å²) in [6, 6.07) is 5.32. The van der Waals surface area contributed by atoms with Gasteiger partial charge in [0.1, 0.15) is 0 Å². The molecule has 1 aromatic rings. The van der Waals surface area contributed by atoms with Crippen LogP contribution in [0.5, 0.6) is 0 Å². The summed E-state index contributed by atoms with van der Waals surface area (Å²) in [5.74, 6) is 0. The van der Waals surface area contributed by atoms with Gasteiger partial charge in [-0.3, -0.25) is 0 Å². The minimum absolute atomic E-state index is 0.511. The average Bonchev–Trinajstić information content (AvgIpc) is 2.06. The van der Waals surface area contributed by atoms with Crippen LogP contribution in [0.2, 0.25) is 0 Å². The van der Waals surface area contributed by atoms with Crippen LogP contribution in [-0.4, -0.2) is 17.2 Å². The van der Waals surface area contributed by atoms with Crippen molar-refractivity contribution >= 4 is 28.5 Å². The number of hydrogen-bond donors (Lipinski definition) is 2. The van der Waals surface area contributed by atoms with Gasteiger partial charge in [-0.05, 0) is 24.5 Å². The maximum atomic E-state index is 8.81. The average molecular weight is 245 g/mol. The molecule has 4 heteroatoms. The molecule has 0 bridgehead atoms. The molecule has 0 aromatic heterocycles. The molecule has 0 amide bonds. The van der Waals surface area contributed by atoms with E-state index in [2.05, 4.69) is 15.9 Å². The molecule has 0 unspecified atom stereocenters. The lowest BCUT2D eigenvalue weighted by Gasteiger charge is -2.01. The minimum atomic E-state index is -1.38. The molecule has 1 rings (SSSR count). The summed E-state index contributed by atoms with van der Waals surface area (Å²) < 4.78 is 0.862. The molecule has 0 spiro atoms. The van der Waals surface area contributed by atoms with Gasteiger partial charge < -0.3 is 10.0 Å². The predicted molar refractivity (Wildman–Crippen MR) is 60.1 cm³/mol. The molecule has 13 heavy (non-hydrogen) atoms. The zero-order valence-corrected chi connectivity index (χ0v) is 9.67. The van der Waals surface area contributed by atoms with Gasteiger partial charge in [-0.1, -0.05) is 41.4 Å². The smallest absolute Gasteiger partial charge is 0.423 e. The van der Waals surface area contributed by atoms with E-state index in [1.165, 1.54) is 0 Å². The molecule has 0 aliphatic carbocycles. The Morgan fingerprint density at radius 2 is 1.69 bits per heavy atom. The molecule has 2 nitrogen and oxygen atoms in total. The highest BCUT2D eigenvalue weighted by Crippen LogP contribution is 2.09. The third kappa shape index (κ3) is 4.46. The van der Waals surface area contributed by atoms with E-state index < -0.39 is 7.12 Å². The molecule has 2 N–H and O–H groups in total. The van der Waals surface area contributed by atoms with Gasteiger partial charge in [0.05, 0.1) is 0 Å². The lowest BCUT2D eigenvalue weighted by molar-refractivity contribution is 0.425. The molecule has 0 fully saturated rings. The normalized spacial score (nSPS) is 8.77. The van der Waals surface area contributed by atoms with Gasteiger partial charge >= 0.3 is 7.12 Å².